The number of nitrogen functional groups attached to an aromatic ring is 1. The minimum Gasteiger partial charge on any atom is -0.463 e. The van der Waals surface area contributed by atoms with Gasteiger partial charge in [-0.1, -0.05) is 25.5 Å². The third kappa shape index (κ3) is 6.72. The van der Waals surface area contributed by atoms with Crippen LogP contribution in [0, 0.1) is 5.92 Å². The van der Waals surface area contributed by atoms with Crippen molar-refractivity contribution in [3.8, 4) is 6.01 Å². The monoisotopic (exact) mass is 537 g/mol. The lowest BCUT2D eigenvalue weighted by atomic mass is 9.96. The van der Waals surface area contributed by atoms with Gasteiger partial charge in [0.1, 0.15) is 12.4 Å². The summed E-state index contributed by atoms with van der Waals surface area (Å²) in [5, 5.41) is 0. The Morgan fingerprint density at radius 3 is 2.41 bits per heavy atom. The normalized spacial score (nSPS) is 16.0. The van der Waals surface area contributed by atoms with Crippen LogP contribution in [0.15, 0.2) is 29.3 Å². The summed E-state index contributed by atoms with van der Waals surface area (Å²) < 4.78 is 11.2. The van der Waals surface area contributed by atoms with Gasteiger partial charge in [0, 0.05) is 20.2 Å². The SMILES string of the molecule is C=Nc1c(N)nc(OCCCC)nc1N(COC)CC1CCN(CCCN2C(=O)c3ccccc3C2=O)CC1. The number of carbonyl (C=O) groups excluding carboxylic acids is 2. The number of methoxy groups -OCH3 is 1. The van der Waals surface area contributed by atoms with Crippen LogP contribution in [0.4, 0.5) is 17.3 Å². The number of piperidine rings is 1. The number of benzene rings is 1. The second-order valence-electron chi connectivity index (χ2n) is 10.0. The molecular formula is C28H39N7O4. The standard InChI is InChI=1S/C28H39N7O4/c1-4-5-17-39-28-31-24(29)23(30-2)25(32-28)34(19-38-3)18-20-11-15-33(16-12-20)13-8-14-35-26(36)21-9-6-7-10-22(21)27(35)37/h6-7,9-10,20H,2,4-5,8,11-19H2,1,3H3,(H2,29,31,32). The zero-order valence-electron chi connectivity index (χ0n) is 23.0. The van der Waals surface area contributed by atoms with Crippen LogP contribution < -0.4 is 15.4 Å². The first-order valence-electron chi connectivity index (χ1n) is 13.6. The van der Waals surface area contributed by atoms with E-state index < -0.39 is 0 Å². The summed E-state index contributed by atoms with van der Waals surface area (Å²) in [7, 11) is 1.65. The Balaban J connectivity index is 1.30. The number of ether oxygens (including phenoxy) is 2. The van der Waals surface area contributed by atoms with Crippen LogP contribution in [0.25, 0.3) is 0 Å². The minimum atomic E-state index is -0.190. The summed E-state index contributed by atoms with van der Waals surface area (Å²) >= 11 is 0. The molecule has 0 bridgehead atoms. The van der Waals surface area contributed by atoms with Crippen molar-refractivity contribution in [1.82, 2.24) is 19.8 Å². The fraction of sp³-hybridized carbons (Fsp3) is 0.536. The quantitative estimate of drug-likeness (QED) is 0.167. The minimum absolute atomic E-state index is 0.190. The Hall–Kier alpha value is -3.57. The van der Waals surface area contributed by atoms with Gasteiger partial charge in [-0.25, -0.2) is 0 Å². The van der Waals surface area contributed by atoms with Crippen molar-refractivity contribution >= 4 is 35.9 Å². The van der Waals surface area contributed by atoms with Crippen molar-refractivity contribution in [3.63, 3.8) is 0 Å². The average Bonchev–Trinajstić information content (AvgIpc) is 3.18. The van der Waals surface area contributed by atoms with Gasteiger partial charge in [-0.3, -0.25) is 19.5 Å². The van der Waals surface area contributed by atoms with Crippen LogP contribution in [0.1, 0.15) is 59.7 Å². The van der Waals surface area contributed by atoms with Gasteiger partial charge in [0.05, 0.1) is 17.7 Å². The maximum absolute atomic E-state index is 12.6. The molecule has 0 spiro atoms. The smallest absolute Gasteiger partial charge is 0.320 e. The molecular weight excluding hydrogens is 498 g/mol. The lowest BCUT2D eigenvalue weighted by molar-refractivity contribution is 0.0644. The number of fused-ring (bicyclic) bond motifs is 1. The molecule has 2 amide bonds. The summed E-state index contributed by atoms with van der Waals surface area (Å²) in [6.07, 6.45) is 4.67. The number of imide groups is 1. The Kier molecular flexibility index (Phi) is 9.83. The fourth-order valence-electron chi connectivity index (χ4n) is 5.14. The van der Waals surface area contributed by atoms with Gasteiger partial charge in [-0.15, -0.1) is 0 Å². The van der Waals surface area contributed by atoms with Crippen LogP contribution >= 0.6 is 0 Å². The fourth-order valence-corrected chi connectivity index (χ4v) is 5.14. The van der Waals surface area contributed by atoms with E-state index in [0.717, 1.165) is 58.3 Å². The number of unbranched alkanes of at least 4 members (excludes halogenated alkanes) is 1. The van der Waals surface area contributed by atoms with E-state index in [1.165, 1.54) is 4.90 Å². The molecule has 0 aliphatic carbocycles. The molecule has 0 radical (unpaired) electrons. The largest absolute Gasteiger partial charge is 0.463 e. The van der Waals surface area contributed by atoms with Crippen molar-refractivity contribution < 1.29 is 19.1 Å². The van der Waals surface area contributed by atoms with Crippen molar-refractivity contribution in [2.24, 2.45) is 10.9 Å². The zero-order valence-corrected chi connectivity index (χ0v) is 23.0. The first-order valence-corrected chi connectivity index (χ1v) is 13.6. The lowest BCUT2D eigenvalue weighted by Crippen LogP contribution is -2.41. The van der Waals surface area contributed by atoms with Crippen molar-refractivity contribution in [2.45, 2.75) is 39.0 Å². The van der Waals surface area contributed by atoms with Crippen LogP contribution in [0.5, 0.6) is 6.01 Å². The number of amides is 2. The Bertz CT molecular complexity index is 1130. The van der Waals surface area contributed by atoms with E-state index in [0.29, 0.717) is 48.4 Å². The van der Waals surface area contributed by atoms with Crippen molar-refractivity contribution in [1.29, 1.82) is 0 Å². The molecule has 2 aliphatic heterocycles. The molecule has 11 nitrogen and oxygen atoms in total. The molecule has 2 aromatic rings. The van der Waals surface area contributed by atoms with E-state index in [1.54, 1.807) is 31.4 Å². The Labute approximate surface area is 230 Å². The molecule has 11 heteroatoms. The van der Waals surface area contributed by atoms with E-state index in [1.807, 2.05) is 4.90 Å². The number of hydrogen-bond donors (Lipinski definition) is 1. The van der Waals surface area contributed by atoms with Gasteiger partial charge in [-0.2, -0.15) is 9.97 Å². The van der Waals surface area contributed by atoms with Gasteiger partial charge >= 0.3 is 6.01 Å². The molecule has 1 saturated heterocycles. The number of nitrogens with two attached hydrogens (primary N) is 1. The number of aromatic nitrogens is 2. The number of hydrogen-bond acceptors (Lipinski definition) is 10. The molecule has 0 saturated carbocycles. The third-order valence-corrected chi connectivity index (χ3v) is 7.26. The molecule has 1 fully saturated rings. The molecule has 2 N–H and O–H groups in total. The topological polar surface area (TPSA) is 126 Å². The predicted molar refractivity (Wildman–Crippen MR) is 151 cm³/mol. The molecule has 0 atom stereocenters. The lowest BCUT2D eigenvalue weighted by Gasteiger charge is -2.35. The highest BCUT2D eigenvalue weighted by Crippen LogP contribution is 2.34. The summed E-state index contributed by atoms with van der Waals surface area (Å²) in [6.45, 7) is 10.5. The number of carbonyl (C=O) groups is 2. The average molecular weight is 538 g/mol. The molecule has 3 heterocycles. The predicted octanol–water partition coefficient (Wildman–Crippen LogP) is 3.38. The van der Waals surface area contributed by atoms with Gasteiger partial charge in [0.15, 0.2) is 11.6 Å². The first-order chi connectivity index (χ1) is 19.0. The number of anilines is 2. The van der Waals surface area contributed by atoms with Gasteiger partial charge in [0.2, 0.25) is 0 Å². The molecule has 39 heavy (non-hydrogen) atoms. The second kappa shape index (κ2) is 13.5. The number of aliphatic imine (C=N–C) groups is 1. The highest BCUT2D eigenvalue weighted by Gasteiger charge is 2.34. The Morgan fingerprint density at radius 2 is 1.79 bits per heavy atom. The number of likely N-dealkylation sites (tertiary alicyclic amines) is 1. The summed E-state index contributed by atoms with van der Waals surface area (Å²) in [6, 6.07) is 7.26. The highest BCUT2D eigenvalue weighted by molar-refractivity contribution is 6.21. The summed E-state index contributed by atoms with van der Waals surface area (Å²) in [4.78, 5) is 43.9. The van der Waals surface area contributed by atoms with E-state index in [9.17, 15) is 9.59 Å². The van der Waals surface area contributed by atoms with Crippen LogP contribution in [-0.2, 0) is 4.74 Å². The van der Waals surface area contributed by atoms with E-state index in [2.05, 4.69) is 33.5 Å². The molecule has 2 aliphatic rings. The Morgan fingerprint density at radius 1 is 1.10 bits per heavy atom. The second-order valence-corrected chi connectivity index (χ2v) is 10.0. The zero-order chi connectivity index (χ0) is 27.8. The third-order valence-electron chi connectivity index (χ3n) is 7.26. The summed E-state index contributed by atoms with van der Waals surface area (Å²) in [5.41, 5.74) is 7.61. The molecule has 1 aromatic heterocycles. The van der Waals surface area contributed by atoms with E-state index in [4.69, 9.17) is 15.2 Å². The van der Waals surface area contributed by atoms with Crippen LogP contribution in [0.2, 0.25) is 0 Å². The number of rotatable bonds is 14. The maximum Gasteiger partial charge on any atom is 0.320 e. The molecule has 210 valence electrons. The van der Waals surface area contributed by atoms with Crippen LogP contribution in [-0.4, -0.2) is 91.5 Å². The first kappa shape index (κ1) is 28.4. The number of nitrogens with zero attached hydrogens (tertiary/aromatic N) is 6. The maximum atomic E-state index is 12.6. The van der Waals surface area contributed by atoms with Gasteiger partial charge in [-0.05, 0) is 70.1 Å². The van der Waals surface area contributed by atoms with E-state index in [-0.39, 0.29) is 23.6 Å². The molecule has 0 unspecified atom stereocenters. The van der Waals surface area contributed by atoms with Gasteiger partial charge < -0.3 is 25.0 Å². The highest BCUT2D eigenvalue weighted by atomic mass is 16.5. The van der Waals surface area contributed by atoms with Crippen molar-refractivity contribution in [2.75, 3.05) is 63.8 Å². The van der Waals surface area contributed by atoms with Crippen LogP contribution in [0.3, 0.4) is 0 Å². The van der Waals surface area contributed by atoms with Crippen molar-refractivity contribution in [3.05, 3.63) is 35.4 Å². The van der Waals surface area contributed by atoms with E-state index >= 15 is 0 Å². The molecule has 1 aromatic carbocycles. The summed E-state index contributed by atoms with van der Waals surface area (Å²) in [5.74, 6) is 0.839. The molecule has 4 rings (SSSR count). The van der Waals surface area contributed by atoms with Gasteiger partial charge in [0.25, 0.3) is 11.8 Å².